The van der Waals surface area contributed by atoms with Crippen LogP contribution in [-0.2, 0) is 23.1 Å². The Morgan fingerprint density at radius 2 is 1.58 bits per heavy atom. The first-order valence-corrected chi connectivity index (χ1v) is 11.6. The Bertz CT molecular complexity index is 1260. The molecule has 0 fully saturated rings. The fraction of sp³-hybridized carbons (Fsp3) is 0.0909. The maximum absolute atomic E-state index is 13.4. The summed E-state index contributed by atoms with van der Waals surface area (Å²) in [5.74, 6) is 0.647. The molecule has 0 amide bonds. The molecule has 6 nitrogen and oxygen atoms in total. The van der Waals surface area contributed by atoms with Crippen LogP contribution in [0.25, 0.3) is 11.4 Å². The third-order valence-electron chi connectivity index (χ3n) is 4.76. The second-order valence-corrected chi connectivity index (χ2v) is 9.63. The number of hydrogen-bond acceptors (Lipinski definition) is 4. The van der Waals surface area contributed by atoms with Gasteiger partial charge in [0.25, 0.3) is 0 Å². The maximum Gasteiger partial charge on any atom is 0.243 e. The number of nitrogens with one attached hydrogen (secondary N) is 1. The number of H-pyrrole nitrogens is 1. The lowest BCUT2D eigenvalue weighted by Gasteiger charge is -2.23. The molecule has 9 heteroatoms. The van der Waals surface area contributed by atoms with Gasteiger partial charge in [-0.2, -0.15) is 4.31 Å². The summed E-state index contributed by atoms with van der Waals surface area (Å²) in [7, 11) is -3.80. The van der Waals surface area contributed by atoms with Gasteiger partial charge >= 0.3 is 0 Å². The average molecular weight is 473 g/mol. The lowest BCUT2D eigenvalue weighted by Crippen LogP contribution is -2.30. The summed E-state index contributed by atoms with van der Waals surface area (Å²) in [4.78, 5) is 3.12. The Morgan fingerprint density at radius 1 is 0.871 bits per heavy atom. The molecule has 0 unspecified atom stereocenters. The molecular weight excluding hydrogens is 455 g/mol. The van der Waals surface area contributed by atoms with Crippen LogP contribution >= 0.6 is 23.2 Å². The Morgan fingerprint density at radius 3 is 2.23 bits per heavy atom. The molecule has 0 aliphatic rings. The van der Waals surface area contributed by atoms with E-state index in [1.54, 1.807) is 18.2 Å². The molecule has 0 radical (unpaired) electrons. The molecule has 0 spiro atoms. The molecule has 158 valence electrons. The Labute approximate surface area is 190 Å². The van der Waals surface area contributed by atoms with Gasteiger partial charge in [0.15, 0.2) is 5.82 Å². The number of halogens is 2. The average Bonchev–Trinajstić information content (AvgIpc) is 3.30. The van der Waals surface area contributed by atoms with Crippen LogP contribution in [0.15, 0.2) is 84.0 Å². The van der Waals surface area contributed by atoms with Gasteiger partial charge in [-0.3, -0.25) is 0 Å². The van der Waals surface area contributed by atoms with E-state index in [-0.39, 0.29) is 18.0 Å². The molecule has 31 heavy (non-hydrogen) atoms. The van der Waals surface area contributed by atoms with Crippen LogP contribution in [0.3, 0.4) is 0 Å². The topological polar surface area (TPSA) is 79.0 Å². The summed E-state index contributed by atoms with van der Waals surface area (Å²) >= 11 is 12.3. The van der Waals surface area contributed by atoms with Gasteiger partial charge in [0, 0.05) is 28.7 Å². The minimum atomic E-state index is -3.80. The summed E-state index contributed by atoms with van der Waals surface area (Å²) in [6.07, 6.45) is 1.51. The summed E-state index contributed by atoms with van der Waals surface area (Å²) < 4.78 is 28.3. The first-order chi connectivity index (χ1) is 14.9. The number of hydrogen-bond donors (Lipinski definition) is 1. The van der Waals surface area contributed by atoms with Crippen molar-refractivity contribution >= 4 is 33.2 Å². The number of aromatic nitrogens is 3. The zero-order valence-corrected chi connectivity index (χ0v) is 18.6. The summed E-state index contributed by atoms with van der Waals surface area (Å²) in [5, 5.41) is 8.76. The zero-order valence-electron chi connectivity index (χ0n) is 16.2. The molecule has 1 N–H and O–H groups in total. The number of rotatable bonds is 7. The monoisotopic (exact) mass is 472 g/mol. The second-order valence-electron chi connectivity index (χ2n) is 6.85. The van der Waals surface area contributed by atoms with E-state index in [1.807, 2.05) is 42.5 Å². The second kappa shape index (κ2) is 9.20. The van der Waals surface area contributed by atoms with Gasteiger partial charge < -0.3 is 4.98 Å². The fourth-order valence-corrected chi connectivity index (χ4v) is 4.84. The molecule has 0 aliphatic heterocycles. The van der Waals surface area contributed by atoms with Crippen molar-refractivity contribution in [3.63, 3.8) is 0 Å². The van der Waals surface area contributed by atoms with Crippen LogP contribution < -0.4 is 0 Å². The van der Waals surface area contributed by atoms with Crippen molar-refractivity contribution in [1.29, 1.82) is 0 Å². The van der Waals surface area contributed by atoms with E-state index in [9.17, 15) is 8.42 Å². The molecule has 4 aromatic rings. The van der Waals surface area contributed by atoms with E-state index in [4.69, 9.17) is 23.2 Å². The van der Waals surface area contributed by atoms with Crippen molar-refractivity contribution in [2.45, 2.75) is 18.0 Å². The molecule has 1 aromatic heterocycles. The summed E-state index contributed by atoms with van der Waals surface area (Å²) in [6, 6.07) is 20.8. The minimum absolute atomic E-state index is 0.133. The zero-order chi connectivity index (χ0) is 21.8. The third kappa shape index (κ3) is 4.97. The van der Waals surface area contributed by atoms with Crippen molar-refractivity contribution in [3.8, 4) is 11.4 Å². The van der Waals surface area contributed by atoms with Crippen molar-refractivity contribution in [2.24, 2.45) is 0 Å². The van der Waals surface area contributed by atoms with E-state index < -0.39 is 10.0 Å². The molecule has 3 aromatic carbocycles. The van der Waals surface area contributed by atoms with Gasteiger partial charge in [-0.05, 0) is 41.5 Å². The standard InChI is InChI=1S/C22H18Cl2N4O2S/c23-19-9-11-20(12-10-19)31(29,30)28(14-18-3-1-2-4-21(18)24)13-16-5-7-17(8-6-16)22-25-15-26-27-22/h1-12,15H,13-14H2,(H,25,26,27). The third-order valence-corrected chi connectivity index (χ3v) is 7.19. The van der Waals surface area contributed by atoms with Gasteiger partial charge in [-0.15, -0.1) is 10.2 Å². The van der Waals surface area contributed by atoms with E-state index >= 15 is 0 Å². The van der Waals surface area contributed by atoms with Crippen molar-refractivity contribution < 1.29 is 8.42 Å². The smallest absolute Gasteiger partial charge is 0.243 e. The predicted octanol–water partition coefficient (Wildman–Crippen LogP) is 5.17. The van der Waals surface area contributed by atoms with Crippen LogP contribution in [0.2, 0.25) is 10.0 Å². The number of sulfonamides is 1. The quantitative estimate of drug-likeness (QED) is 0.402. The lowest BCUT2D eigenvalue weighted by molar-refractivity contribution is 0.401. The van der Waals surface area contributed by atoms with E-state index in [0.29, 0.717) is 15.9 Å². The van der Waals surface area contributed by atoms with E-state index in [2.05, 4.69) is 15.2 Å². The number of benzene rings is 3. The molecule has 0 bridgehead atoms. The van der Waals surface area contributed by atoms with Gasteiger partial charge in [0.2, 0.25) is 10.0 Å². The molecule has 0 saturated carbocycles. The Balaban J connectivity index is 1.66. The molecule has 1 heterocycles. The number of aromatic amines is 1. The molecular formula is C22H18Cl2N4O2S. The highest BCUT2D eigenvalue weighted by molar-refractivity contribution is 7.89. The summed E-state index contributed by atoms with van der Waals surface area (Å²) in [5.41, 5.74) is 2.41. The lowest BCUT2D eigenvalue weighted by atomic mass is 10.1. The van der Waals surface area contributed by atoms with E-state index in [1.165, 1.54) is 22.8 Å². The number of nitrogens with zero attached hydrogens (tertiary/aromatic N) is 3. The maximum atomic E-state index is 13.4. The van der Waals surface area contributed by atoms with Gasteiger partial charge in [-0.25, -0.2) is 8.42 Å². The van der Waals surface area contributed by atoms with E-state index in [0.717, 1.165) is 16.7 Å². The molecule has 0 atom stereocenters. The summed E-state index contributed by atoms with van der Waals surface area (Å²) in [6.45, 7) is 0.307. The highest BCUT2D eigenvalue weighted by Gasteiger charge is 2.25. The molecule has 0 aliphatic carbocycles. The largest absolute Gasteiger partial charge is 0.328 e. The Kier molecular flexibility index (Phi) is 6.38. The molecule has 0 saturated heterocycles. The van der Waals surface area contributed by atoms with Crippen LogP contribution in [0.5, 0.6) is 0 Å². The Hall–Kier alpha value is -2.71. The van der Waals surface area contributed by atoms with Gasteiger partial charge in [0.05, 0.1) is 4.90 Å². The fourth-order valence-electron chi connectivity index (χ4n) is 3.12. The predicted molar refractivity (Wildman–Crippen MR) is 121 cm³/mol. The van der Waals surface area contributed by atoms with Gasteiger partial charge in [-0.1, -0.05) is 65.7 Å². The van der Waals surface area contributed by atoms with Crippen molar-refractivity contribution in [3.05, 3.63) is 100 Å². The normalized spacial score (nSPS) is 11.7. The SMILES string of the molecule is O=S(=O)(c1ccc(Cl)cc1)N(Cc1ccc(-c2nnc[nH]2)cc1)Cc1ccccc1Cl. The highest BCUT2D eigenvalue weighted by Crippen LogP contribution is 2.26. The van der Waals surface area contributed by atoms with Crippen LogP contribution in [0.4, 0.5) is 0 Å². The van der Waals surface area contributed by atoms with Gasteiger partial charge in [0.1, 0.15) is 6.33 Å². The minimum Gasteiger partial charge on any atom is -0.328 e. The van der Waals surface area contributed by atoms with Crippen LogP contribution in [-0.4, -0.2) is 27.9 Å². The van der Waals surface area contributed by atoms with Crippen LogP contribution in [0, 0.1) is 0 Å². The van der Waals surface area contributed by atoms with Crippen molar-refractivity contribution in [2.75, 3.05) is 0 Å². The van der Waals surface area contributed by atoms with Crippen LogP contribution in [0.1, 0.15) is 11.1 Å². The first-order valence-electron chi connectivity index (χ1n) is 9.38. The first kappa shape index (κ1) is 21.5. The van der Waals surface area contributed by atoms with Crippen molar-refractivity contribution in [1.82, 2.24) is 19.5 Å². The molecule has 4 rings (SSSR count). The highest BCUT2D eigenvalue weighted by atomic mass is 35.5.